The molecule has 2 rings (SSSR count). The Hall–Kier alpha value is -1.18. The summed E-state index contributed by atoms with van der Waals surface area (Å²) in [5.74, 6) is 0. The Balaban J connectivity index is 1.78. The summed E-state index contributed by atoms with van der Waals surface area (Å²) in [4.78, 5) is 8.00. The zero-order valence-corrected chi connectivity index (χ0v) is 12.2. The van der Waals surface area contributed by atoms with Crippen LogP contribution in [0.5, 0.6) is 0 Å². The highest BCUT2D eigenvalue weighted by atomic mass is 19.4. The number of rotatable bonds is 5. The molecule has 0 aliphatic carbocycles. The lowest BCUT2D eigenvalue weighted by Gasteiger charge is -2.34. The maximum atomic E-state index is 12.3. The molecule has 1 aromatic heterocycles. The van der Waals surface area contributed by atoms with Gasteiger partial charge in [0.2, 0.25) is 0 Å². The topological polar surface area (TPSA) is 31.4 Å². The highest BCUT2D eigenvalue weighted by Crippen LogP contribution is 2.17. The summed E-state index contributed by atoms with van der Waals surface area (Å²) in [7, 11) is 1.88. The monoisotopic (exact) mass is 302 g/mol. The molecule has 1 aliphatic rings. The molecule has 118 valence electrons. The molecule has 0 radical (unpaired) electrons. The van der Waals surface area contributed by atoms with E-state index < -0.39 is 12.7 Å². The Bertz CT molecular complexity index is 425. The molecule has 0 atom stereocenters. The molecule has 0 aromatic carbocycles. The zero-order valence-electron chi connectivity index (χ0n) is 12.2. The minimum atomic E-state index is -4.10. The first-order valence-corrected chi connectivity index (χ1v) is 7.06. The summed E-state index contributed by atoms with van der Waals surface area (Å²) >= 11 is 0. The van der Waals surface area contributed by atoms with Crippen LogP contribution in [0.15, 0.2) is 18.3 Å². The Morgan fingerprint density at radius 2 is 1.81 bits per heavy atom. The van der Waals surface area contributed by atoms with Crippen molar-refractivity contribution in [2.24, 2.45) is 0 Å². The minimum absolute atomic E-state index is 0.456. The fraction of sp³-hybridized carbons (Fsp3) is 0.643. The van der Waals surface area contributed by atoms with E-state index in [0.29, 0.717) is 32.7 Å². The third kappa shape index (κ3) is 5.61. The van der Waals surface area contributed by atoms with Gasteiger partial charge in [-0.05, 0) is 18.7 Å². The number of halogens is 3. The molecule has 1 aromatic rings. The first kappa shape index (κ1) is 16.2. The second-order valence-corrected chi connectivity index (χ2v) is 5.36. The Morgan fingerprint density at radius 1 is 1.14 bits per heavy atom. The van der Waals surface area contributed by atoms with Crippen molar-refractivity contribution in [3.8, 4) is 0 Å². The van der Waals surface area contributed by atoms with Crippen molar-refractivity contribution in [2.45, 2.75) is 19.3 Å². The molecule has 1 fully saturated rings. The Morgan fingerprint density at radius 3 is 2.33 bits per heavy atom. The predicted octanol–water partition coefficient (Wildman–Crippen LogP) is 1.48. The summed E-state index contributed by atoms with van der Waals surface area (Å²) in [6.07, 6.45) is -2.27. The van der Waals surface area contributed by atoms with Gasteiger partial charge in [-0.15, -0.1) is 0 Å². The van der Waals surface area contributed by atoms with Gasteiger partial charge in [-0.3, -0.25) is 14.8 Å². The Kier molecular flexibility index (Phi) is 5.55. The highest BCUT2D eigenvalue weighted by Gasteiger charge is 2.32. The van der Waals surface area contributed by atoms with Crippen LogP contribution in [-0.2, 0) is 13.1 Å². The van der Waals surface area contributed by atoms with Crippen LogP contribution >= 0.6 is 0 Å². The van der Waals surface area contributed by atoms with Crippen LogP contribution < -0.4 is 5.32 Å². The summed E-state index contributed by atoms with van der Waals surface area (Å²) in [5, 5.41) is 3.06. The molecule has 4 nitrogen and oxygen atoms in total. The average molecular weight is 302 g/mol. The van der Waals surface area contributed by atoms with E-state index in [0.717, 1.165) is 17.8 Å². The van der Waals surface area contributed by atoms with Gasteiger partial charge in [0.15, 0.2) is 0 Å². The van der Waals surface area contributed by atoms with Crippen LogP contribution in [0.1, 0.15) is 11.3 Å². The van der Waals surface area contributed by atoms with E-state index in [1.807, 2.05) is 25.4 Å². The van der Waals surface area contributed by atoms with Crippen LogP contribution in [0, 0.1) is 0 Å². The number of nitrogens with one attached hydrogen (secondary N) is 1. The van der Waals surface area contributed by atoms with Crippen molar-refractivity contribution in [3.05, 3.63) is 29.6 Å². The van der Waals surface area contributed by atoms with Crippen LogP contribution in [0.25, 0.3) is 0 Å². The quantitative estimate of drug-likeness (QED) is 0.893. The van der Waals surface area contributed by atoms with Crippen molar-refractivity contribution in [1.82, 2.24) is 20.1 Å². The molecule has 0 spiro atoms. The molecule has 7 heteroatoms. The van der Waals surface area contributed by atoms with Crippen LogP contribution in [0.4, 0.5) is 13.2 Å². The summed E-state index contributed by atoms with van der Waals surface area (Å²) in [5.41, 5.74) is 2.08. The molecule has 21 heavy (non-hydrogen) atoms. The maximum absolute atomic E-state index is 12.3. The molecule has 0 bridgehead atoms. The lowest BCUT2D eigenvalue weighted by Crippen LogP contribution is -2.48. The van der Waals surface area contributed by atoms with E-state index in [1.165, 1.54) is 4.90 Å². The second-order valence-electron chi connectivity index (χ2n) is 5.36. The largest absolute Gasteiger partial charge is 0.401 e. The van der Waals surface area contributed by atoms with E-state index in [1.54, 1.807) is 0 Å². The summed E-state index contributed by atoms with van der Waals surface area (Å²) in [6.45, 7) is 2.88. The molecule has 1 saturated heterocycles. The normalized spacial score (nSPS) is 18.1. The fourth-order valence-electron chi connectivity index (χ4n) is 2.45. The molecule has 1 N–H and O–H groups in total. The van der Waals surface area contributed by atoms with Crippen molar-refractivity contribution >= 4 is 0 Å². The van der Waals surface area contributed by atoms with E-state index in [2.05, 4.69) is 15.2 Å². The van der Waals surface area contributed by atoms with E-state index in [4.69, 9.17) is 0 Å². The molecular weight excluding hydrogens is 281 g/mol. The second kappa shape index (κ2) is 7.20. The third-order valence-corrected chi connectivity index (χ3v) is 3.52. The average Bonchev–Trinajstić information content (AvgIpc) is 2.42. The van der Waals surface area contributed by atoms with Crippen molar-refractivity contribution in [1.29, 1.82) is 0 Å². The number of hydrogen-bond donors (Lipinski definition) is 1. The van der Waals surface area contributed by atoms with Gasteiger partial charge in [-0.25, -0.2) is 0 Å². The van der Waals surface area contributed by atoms with Crippen molar-refractivity contribution < 1.29 is 13.2 Å². The number of hydrogen-bond acceptors (Lipinski definition) is 4. The smallest absolute Gasteiger partial charge is 0.316 e. The maximum Gasteiger partial charge on any atom is 0.401 e. The molecule has 1 aliphatic heterocycles. The number of aromatic nitrogens is 1. The standard InChI is InChI=1S/C14H21F3N4/c1-18-8-12-2-3-13(19-9-12)10-20-4-6-21(7-5-20)11-14(15,16)17/h2-3,9,18H,4-8,10-11H2,1H3. The van der Waals surface area contributed by atoms with E-state index in [-0.39, 0.29) is 0 Å². The van der Waals surface area contributed by atoms with Crippen molar-refractivity contribution in [2.75, 3.05) is 39.8 Å². The molecule has 2 heterocycles. The van der Waals surface area contributed by atoms with Crippen LogP contribution in [0.2, 0.25) is 0 Å². The molecule has 0 unspecified atom stereocenters. The fourth-order valence-corrected chi connectivity index (χ4v) is 2.45. The zero-order chi connectivity index (χ0) is 15.3. The first-order valence-electron chi connectivity index (χ1n) is 7.06. The number of alkyl halides is 3. The van der Waals surface area contributed by atoms with Crippen LogP contribution in [-0.4, -0.2) is 60.7 Å². The van der Waals surface area contributed by atoms with Crippen LogP contribution in [0.3, 0.4) is 0 Å². The van der Waals surface area contributed by atoms with Gasteiger partial charge < -0.3 is 5.32 Å². The lowest BCUT2D eigenvalue weighted by molar-refractivity contribution is -0.149. The van der Waals surface area contributed by atoms with E-state index in [9.17, 15) is 13.2 Å². The lowest BCUT2D eigenvalue weighted by atomic mass is 10.2. The van der Waals surface area contributed by atoms with Gasteiger partial charge in [-0.1, -0.05) is 6.07 Å². The van der Waals surface area contributed by atoms with Gasteiger partial charge >= 0.3 is 6.18 Å². The predicted molar refractivity (Wildman–Crippen MR) is 74.8 cm³/mol. The van der Waals surface area contributed by atoms with E-state index >= 15 is 0 Å². The van der Waals surface area contributed by atoms with Gasteiger partial charge in [0.25, 0.3) is 0 Å². The minimum Gasteiger partial charge on any atom is -0.316 e. The number of piperazine rings is 1. The van der Waals surface area contributed by atoms with Gasteiger partial charge in [0, 0.05) is 45.5 Å². The first-order chi connectivity index (χ1) is 9.96. The van der Waals surface area contributed by atoms with Gasteiger partial charge in [0.05, 0.1) is 12.2 Å². The number of nitrogens with zero attached hydrogens (tertiary/aromatic N) is 3. The Labute approximate surface area is 122 Å². The summed E-state index contributed by atoms with van der Waals surface area (Å²) in [6, 6.07) is 4.01. The molecule has 0 saturated carbocycles. The van der Waals surface area contributed by atoms with Gasteiger partial charge in [0.1, 0.15) is 0 Å². The highest BCUT2D eigenvalue weighted by molar-refractivity contribution is 5.14. The number of pyridine rings is 1. The third-order valence-electron chi connectivity index (χ3n) is 3.52. The molecule has 0 amide bonds. The molecular formula is C14H21F3N4. The van der Waals surface area contributed by atoms with Crippen molar-refractivity contribution in [3.63, 3.8) is 0 Å². The summed E-state index contributed by atoms with van der Waals surface area (Å²) < 4.78 is 36.9. The van der Waals surface area contributed by atoms with Gasteiger partial charge in [-0.2, -0.15) is 13.2 Å². The SMILES string of the molecule is CNCc1ccc(CN2CCN(CC(F)(F)F)CC2)nc1.